The summed E-state index contributed by atoms with van der Waals surface area (Å²) in [5.74, 6) is 0. The number of nitrogens with two attached hydrogens (primary N) is 1. The van der Waals surface area contributed by atoms with Crippen LogP contribution in [-0.2, 0) is 0 Å². The number of hydrogen-bond acceptors (Lipinski definition) is 2. The maximum absolute atomic E-state index is 11.6. The van der Waals surface area contributed by atoms with Crippen LogP contribution in [0.5, 0.6) is 0 Å². The van der Waals surface area contributed by atoms with Gasteiger partial charge in [0, 0.05) is 12.4 Å². The highest BCUT2D eigenvalue weighted by Gasteiger charge is 2.20. The molecule has 0 aliphatic heterocycles. The van der Waals surface area contributed by atoms with Gasteiger partial charge in [-0.25, -0.2) is 4.79 Å². The van der Waals surface area contributed by atoms with Crippen LogP contribution in [0, 0.1) is 0 Å². The molecule has 0 spiro atoms. The number of nitrogens with zero attached hydrogens (tertiary/aromatic N) is 2. The van der Waals surface area contributed by atoms with Gasteiger partial charge in [0.05, 0.1) is 21.4 Å². The van der Waals surface area contributed by atoms with Crippen molar-refractivity contribution in [3.05, 3.63) is 52.8 Å². The van der Waals surface area contributed by atoms with Gasteiger partial charge in [-0.1, -0.05) is 29.3 Å². The molecule has 0 aliphatic rings. The number of carbonyl (C=O) groups is 1. The lowest BCUT2D eigenvalue weighted by Gasteiger charge is -2.22. The third kappa shape index (κ3) is 2.39. The Morgan fingerprint density at radius 3 is 2.17 bits per heavy atom. The Balaban J connectivity index is 2.60. The molecule has 0 saturated carbocycles. The second-order valence-electron chi connectivity index (χ2n) is 3.45. The number of carbonyl (C=O) groups excluding carboxylic acids is 1. The van der Waals surface area contributed by atoms with E-state index in [2.05, 4.69) is 4.98 Å². The summed E-state index contributed by atoms with van der Waals surface area (Å²) < 4.78 is 0. The van der Waals surface area contributed by atoms with Gasteiger partial charge in [0.15, 0.2) is 0 Å². The third-order valence-electron chi connectivity index (χ3n) is 2.30. The Labute approximate surface area is 114 Å². The van der Waals surface area contributed by atoms with Gasteiger partial charge in [0.25, 0.3) is 0 Å². The predicted molar refractivity (Wildman–Crippen MR) is 72.4 cm³/mol. The summed E-state index contributed by atoms with van der Waals surface area (Å²) in [6, 6.07) is 7.59. The van der Waals surface area contributed by atoms with Gasteiger partial charge in [0.1, 0.15) is 0 Å². The predicted octanol–water partition coefficient (Wildman–Crippen LogP) is 3.61. The number of amides is 2. The van der Waals surface area contributed by atoms with E-state index in [9.17, 15) is 4.79 Å². The monoisotopic (exact) mass is 281 g/mol. The summed E-state index contributed by atoms with van der Waals surface area (Å²) in [7, 11) is 0. The fraction of sp³-hybridized carbons (Fsp3) is 0. The number of primary amides is 1. The van der Waals surface area contributed by atoms with Crippen LogP contribution < -0.4 is 10.6 Å². The van der Waals surface area contributed by atoms with Crippen molar-refractivity contribution >= 4 is 40.6 Å². The van der Waals surface area contributed by atoms with E-state index in [1.54, 1.807) is 42.7 Å². The Morgan fingerprint density at radius 2 is 1.67 bits per heavy atom. The lowest BCUT2D eigenvalue weighted by Crippen LogP contribution is -2.31. The zero-order valence-corrected chi connectivity index (χ0v) is 10.7. The summed E-state index contributed by atoms with van der Waals surface area (Å²) in [6.07, 6.45) is 3.10. The van der Waals surface area contributed by atoms with Crippen molar-refractivity contribution in [1.82, 2.24) is 4.98 Å². The van der Waals surface area contributed by atoms with E-state index in [1.807, 2.05) is 0 Å². The summed E-state index contributed by atoms with van der Waals surface area (Å²) in [4.78, 5) is 16.7. The molecule has 0 bridgehead atoms. The summed E-state index contributed by atoms with van der Waals surface area (Å²) in [6.45, 7) is 0. The van der Waals surface area contributed by atoms with Gasteiger partial charge >= 0.3 is 6.03 Å². The highest BCUT2D eigenvalue weighted by Crippen LogP contribution is 2.37. The van der Waals surface area contributed by atoms with Crippen molar-refractivity contribution in [1.29, 1.82) is 0 Å². The van der Waals surface area contributed by atoms with Crippen molar-refractivity contribution < 1.29 is 4.79 Å². The van der Waals surface area contributed by atoms with Crippen LogP contribution in [0.25, 0.3) is 0 Å². The standard InChI is InChI=1S/C12H9Cl2N3O/c13-9-2-1-3-10(14)11(9)17(12(15)18)8-4-6-16-7-5-8/h1-7H,(H2,15,18). The quantitative estimate of drug-likeness (QED) is 0.914. The molecule has 1 aromatic heterocycles. The van der Waals surface area contributed by atoms with E-state index < -0.39 is 6.03 Å². The SMILES string of the molecule is NC(=O)N(c1ccncc1)c1c(Cl)cccc1Cl. The number of para-hydroxylation sites is 1. The second-order valence-corrected chi connectivity index (χ2v) is 4.26. The van der Waals surface area contributed by atoms with E-state index in [0.29, 0.717) is 21.4 Å². The number of aromatic nitrogens is 1. The molecular formula is C12H9Cl2N3O. The number of anilines is 2. The molecule has 0 radical (unpaired) electrons. The number of urea groups is 1. The normalized spacial score (nSPS) is 10.1. The maximum atomic E-state index is 11.6. The lowest BCUT2D eigenvalue weighted by molar-refractivity contribution is 0.256. The molecule has 0 saturated heterocycles. The van der Waals surface area contributed by atoms with Crippen LogP contribution in [0.15, 0.2) is 42.7 Å². The summed E-state index contributed by atoms with van der Waals surface area (Å²) >= 11 is 12.1. The molecule has 1 aromatic carbocycles. The Kier molecular flexibility index (Phi) is 3.69. The van der Waals surface area contributed by atoms with Crippen LogP contribution in [0.2, 0.25) is 10.0 Å². The summed E-state index contributed by atoms with van der Waals surface area (Å²) in [5, 5.41) is 0.691. The molecule has 18 heavy (non-hydrogen) atoms. The topological polar surface area (TPSA) is 59.2 Å². The third-order valence-corrected chi connectivity index (χ3v) is 2.91. The van der Waals surface area contributed by atoms with Gasteiger partial charge < -0.3 is 5.73 Å². The Bertz CT molecular complexity index is 555. The first-order valence-electron chi connectivity index (χ1n) is 5.05. The smallest absolute Gasteiger partial charge is 0.323 e. The molecule has 4 nitrogen and oxygen atoms in total. The zero-order chi connectivity index (χ0) is 13.1. The van der Waals surface area contributed by atoms with Crippen LogP contribution in [0.1, 0.15) is 0 Å². The Morgan fingerprint density at radius 1 is 1.11 bits per heavy atom. The fourth-order valence-corrected chi connectivity index (χ4v) is 2.13. The molecule has 2 amide bonds. The van der Waals surface area contributed by atoms with Gasteiger partial charge in [-0.05, 0) is 24.3 Å². The molecule has 0 atom stereocenters. The van der Waals surface area contributed by atoms with Crippen molar-refractivity contribution in [2.45, 2.75) is 0 Å². The minimum absolute atomic E-state index is 0.345. The van der Waals surface area contributed by atoms with Gasteiger partial charge in [-0.2, -0.15) is 0 Å². The molecule has 92 valence electrons. The number of pyridine rings is 1. The van der Waals surface area contributed by atoms with E-state index in [-0.39, 0.29) is 0 Å². The minimum Gasteiger partial charge on any atom is -0.351 e. The second kappa shape index (κ2) is 5.25. The van der Waals surface area contributed by atoms with Crippen molar-refractivity contribution in [3.8, 4) is 0 Å². The largest absolute Gasteiger partial charge is 0.351 e. The van der Waals surface area contributed by atoms with Crippen molar-refractivity contribution in [3.63, 3.8) is 0 Å². The van der Waals surface area contributed by atoms with Crippen LogP contribution in [-0.4, -0.2) is 11.0 Å². The van der Waals surface area contributed by atoms with Gasteiger partial charge in [0.2, 0.25) is 0 Å². The highest BCUT2D eigenvalue weighted by atomic mass is 35.5. The molecule has 2 aromatic rings. The fourth-order valence-electron chi connectivity index (χ4n) is 1.56. The minimum atomic E-state index is -0.670. The van der Waals surface area contributed by atoms with Crippen molar-refractivity contribution in [2.75, 3.05) is 4.90 Å². The molecule has 6 heteroatoms. The zero-order valence-electron chi connectivity index (χ0n) is 9.18. The number of hydrogen-bond donors (Lipinski definition) is 1. The van der Waals surface area contributed by atoms with E-state index in [4.69, 9.17) is 28.9 Å². The molecule has 0 aliphatic carbocycles. The number of benzene rings is 1. The average molecular weight is 282 g/mol. The number of halogens is 2. The average Bonchev–Trinajstić information content (AvgIpc) is 2.34. The van der Waals surface area contributed by atoms with Crippen LogP contribution >= 0.6 is 23.2 Å². The molecule has 2 rings (SSSR count). The molecule has 1 heterocycles. The molecule has 2 N–H and O–H groups in total. The molecule has 0 unspecified atom stereocenters. The van der Waals surface area contributed by atoms with Gasteiger partial charge in [-0.3, -0.25) is 9.88 Å². The Hall–Kier alpha value is -1.78. The first-order chi connectivity index (χ1) is 8.61. The van der Waals surface area contributed by atoms with E-state index in [1.165, 1.54) is 4.90 Å². The van der Waals surface area contributed by atoms with Crippen molar-refractivity contribution in [2.24, 2.45) is 5.73 Å². The highest BCUT2D eigenvalue weighted by molar-refractivity contribution is 6.40. The van der Waals surface area contributed by atoms with Crippen LogP contribution in [0.4, 0.5) is 16.2 Å². The van der Waals surface area contributed by atoms with E-state index >= 15 is 0 Å². The summed E-state index contributed by atoms with van der Waals surface area (Å²) in [5.41, 5.74) is 6.30. The first kappa shape index (κ1) is 12.7. The van der Waals surface area contributed by atoms with Gasteiger partial charge in [-0.15, -0.1) is 0 Å². The molecular weight excluding hydrogens is 273 g/mol. The molecule has 0 fully saturated rings. The van der Waals surface area contributed by atoms with Crippen LogP contribution in [0.3, 0.4) is 0 Å². The van der Waals surface area contributed by atoms with E-state index in [0.717, 1.165) is 0 Å². The first-order valence-corrected chi connectivity index (χ1v) is 5.80. The lowest BCUT2D eigenvalue weighted by atomic mass is 10.2. The maximum Gasteiger partial charge on any atom is 0.323 e. The number of rotatable bonds is 2.